The highest BCUT2D eigenvalue weighted by molar-refractivity contribution is 6.09. The summed E-state index contributed by atoms with van der Waals surface area (Å²) in [7, 11) is 0. The van der Waals surface area contributed by atoms with Gasteiger partial charge in [0.25, 0.3) is 0 Å². The molecule has 0 aliphatic carbocycles. The molecular formula is C16H17NO4. The zero-order chi connectivity index (χ0) is 15.6. The molecule has 0 heterocycles. The smallest absolute Gasteiger partial charge is 0.412 e. The molecule has 0 aromatic heterocycles. The molecule has 0 bridgehead atoms. The van der Waals surface area contributed by atoms with Gasteiger partial charge in [0.15, 0.2) is 0 Å². The van der Waals surface area contributed by atoms with Crippen LogP contribution in [0.2, 0.25) is 0 Å². The minimum absolute atomic E-state index is 0.195. The second-order valence-corrected chi connectivity index (χ2v) is 5.64. The van der Waals surface area contributed by atoms with Crippen LogP contribution in [0.4, 0.5) is 10.5 Å². The van der Waals surface area contributed by atoms with Crippen LogP contribution in [-0.2, 0) is 4.74 Å². The normalized spacial score (nSPS) is 11.2. The van der Waals surface area contributed by atoms with Gasteiger partial charge in [-0.1, -0.05) is 24.3 Å². The number of carbonyl (C=O) groups is 2. The maximum atomic E-state index is 11.8. The predicted molar refractivity (Wildman–Crippen MR) is 80.8 cm³/mol. The highest BCUT2D eigenvalue weighted by Gasteiger charge is 2.17. The monoisotopic (exact) mass is 287 g/mol. The van der Waals surface area contributed by atoms with Crippen LogP contribution in [0.5, 0.6) is 0 Å². The summed E-state index contributed by atoms with van der Waals surface area (Å²) in [4.78, 5) is 23.1. The first kappa shape index (κ1) is 14.8. The Morgan fingerprint density at radius 2 is 1.67 bits per heavy atom. The Labute approximate surface area is 122 Å². The molecule has 2 aromatic carbocycles. The minimum Gasteiger partial charge on any atom is -0.478 e. The van der Waals surface area contributed by atoms with E-state index in [9.17, 15) is 14.7 Å². The van der Waals surface area contributed by atoms with Crippen LogP contribution in [0.3, 0.4) is 0 Å². The Balaban J connectivity index is 2.40. The van der Waals surface area contributed by atoms with Crippen molar-refractivity contribution < 1.29 is 19.4 Å². The third kappa shape index (κ3) is 3.51. The maximum absolute atomic E-state index is 11.8. The van der Waals surface area contributed by atoms with Crippen LogP contribution in [0.25, 0.3) is 10.8 Å². The maximum Gasteiger partial charge on any atom is 0.412 e. The molecule has 5 nitrogen and oxygen atoms in total. The Kier molecular flexibility index (Phi) is 3.84. The molecule has 1 amide bonds. The van der Waals surface area contributed by atoms with Gasteiger partial charge in [-0.3, -0.25) is 5.32 Å². The predicted octanol–water partition coefficient (Wildman–Crippen LogP) is 3.89. The van der Waals surface area contributed by atoms with Crippen LogP contribution >= 0.6 is 0 Å². The van der Waals surface area contributed by atoms with Gasteiger partial charge in [-0.15, -0.1) is 0 Å². The number of hydrogen-bond acceptors (Lipinski definition) is 3. The largest absolute Gasteiger partial charge is 0.478 e. The first-order valence-corrected chi connectivity index (χ1v) is 6.53. The number of carboxylic acids is 1. The lowest BCUT2D eigenvalue weighted by Gasteiger charge is -2.20. The topological polar surface area (TPSA) is 75.6 Å². The summed E-state index contributed by atoms with van der Waals surface area (Å²) >= 11 is 0. The highest BCUT2D eigenvalue weighted by atomic mass is 16.6. The molecule has 0 radical (unpaired) electrons. The van der Waals surface area contributed by atoms with Gasteiger partial charge in [-0.2, -0.15) is 0 Å². The van der Waals surface area contributed by atoms with Crippen molar-refractivity contribution in [3.8, 4) is 0 Å². The number of rotatable bonds is 2. The third-order valence-corrected chi connectivity index (χ3v) is 2.79. The van der Waals surface area contributed by atoms with Crippen molar-refractivity contribution in [3.63, 3.8) is 0 Å². The molecule has 2 N–H and O–H groups in total. The summed E-state index contributed by atoms with van der Waals surface area (Å²) in [6.07, 6.45) is -0.573. The molecule has 5 heteroatoms. The van der Waals surface area contributed by atoms with E-state index < -0.39 is 17.7 Å². The van der Waals surface area contributed by atoms with E-state index in [-0.39, 0.29) is 5.56 Å². The Hall–Kier alpha value is -2.56. The van der Waals surface area contributed by atoms with Gasteiger partial charge in [0.1, 0.15) is 5.60 Å². The lowest BCUT2D eigenvalue weighted by molar-refractivity contribution is 0.0634. The van der Waals surface area contributed by atoms with E-state index in [2.05, 4.69) is 5.32 Å². The number of hydrogen-bond donors (Lipinski definition) is 2. The number of amides is 1. The van der Waals surface area contributed by atoms with Gasteiger partial charge in [-0.05, 0) is 38.3 Å². The van der Waals surface area contributed by atoms with Crippen molar-refractivity contribution in [1.82, 2.24) is 0 Å². The lowest BCUT2D eigenvalue weighted by Crippen LogP contribution is -2.27. The fourth-order valence-corrected chi connectivity index (χ4v) is 2.02. The van der Waals surface area contributed by atoms with Gasteiger partial charge in [0, 0.05) is 5.39 Å². The number of aromatic carboxylic acids is 1. The van der Waals surface area contributed by atoms with Crippen molar-refractivity contribution in [1.29, 1.82) is 0 Å². The average Bonchev–Trinajstić information content (AvgIpc) is 2.36. The number of carboxylic acid groups (broad SMARTS) is 1. The number of ether oxygens (including phenoxy) is 1. The summed E-state index contributed by atoms with van der Waals surface area (Å²) in [6.45, 7) is 5.33. The fraction of sp³-hybridized carbons (Fsp3) is 0.250. The van der Waals surface area contributed by atoms with Crippen LogP contribution in [0, 0.1) is 0 Å². The second-order valence-electron chi connectivity index (χ2n) is 5.64. The average molecular weight is 287 g/mol. The number of benzene rings is 2. The van der Waals surface area contributed by atoms with Gasteiger partial charge in [-0.25, -0.2) is 9.59 Å². The summed E-state index contributed by atoms with van der Waals surface area (Å²) in [5.74, 6) is -1.00. The molecule has 0 saturated heterocycles. The quantitative estimate of drug-likeness (QED) is 0.878. The Morgan fingerprint density at radius 1 is 1.05 bits per heavy atom. The zero-order valence-electron chi connectivity index (χ0n) is 12.1. The van der Waals surface area contributed by atoms with Crippen molar-refractivity contribution >= 4 is 28.5 Å². The van der Waals surface area contributed by atoms with E-state index in [0.717, 1.165) is 0 Å². The molecular weight excluding hydrogens is 270 g/mol. The molecule has 2 aromatic rings. The summed E-state index contributed by atoms with van der Waals surface area (Å²) < 4.78 is 5.20. The fourth-order valence-electron chi connectivity index (χ4n) is 2.02. The van der Waals surface area contributed by atoms with Gasteiger partial charge in [0.2, 0.25) is 0 Å². The van der Waals surface area contributed by atoms with E-state index in [0.29, 0.717) is 16.5 Å². The van der Waals surface area contributed by atoms with Gasteiger partial charge >= 0.3 is 12.1 Å². The van der Waals surface area contributed by atoms with Crippen LogP contribution < -0.4 is 5.32 Å². The molecule has 21 heavy (non-hydrogen) atoms. The minimum atomic E-state index is -1.00. The molecule has 0 atom stereocenters. The van der Waals surface area contributed by atoms with Crippen LogP contribution in [0.15, 0.2) is 36.4 Å². The first-order chi connectivity index (χ1) is 9.78. The summed E-state index contributed by atoms with van der Waals surface area (Å²) in [6, 6.07) is 10.0. The Bertz CT molecular complexity index is 701. The third-order valence-electron chi connectivity index (χ3n) is 2.79. The molecule has 0 fully saturated rings. The van der Waals surface area contributed by atoms with Crippen LogP contribution in [-0.4, -0.2) is 22.8 Å². The molecule has 0 aliphatic rings. The van der Waals surface area contributed by atoms with E-state index in [1.54, 1.807) is 51.1 Å². The number of nitrogens with one attached hydrogen (secondary N) is 1. The molecule has 110 valence electrons. The second kappa shape index (κ2) is 5.44. The van der Waals surface area contributed by atoms with E-state index in [4.69, 9.17) is 4.74 Å². The summed E-state index contributed by atoms with van der Waals surface area (Å²) in [5, 5.41) is 13.1. The molecule has 0 unspecified atom stereocenters. The standard InChI is InChI=1S/C16H17NO4/c1-16(2,3)21-15(20)17-13-9-5-6-10-11(13)7-4-8-12(10)14(18)19/h4-9H,1-3H3,(H,17,20)(H,18,19). The number of fused-ring (bicyclic) bond motifs is 1. The summed E-state index contributed by atoms with van der Waals surface area (Å²) in [5.41, 5.74) is 0.117. The van der Waals surface area contributed by atoms with Crippen molar-refractivity contribution in [2.24, 2.45) is 0 Å². The van der Waals surface area contributed by atoms with Crippen LogP contribution in [0.1, 0.15) is 31.1 Å². The van der Waals surface area contributed by atoms with Crippen molar-refractivity contribution in [2.45, 2.75) is 26.4 Å². The van der Waals surface area contributed by atoms with Crippen molar-refractivity contribution in [3.05, 3.63) is 42.0 Å². The molecule has 0 aliphatic heterocycles. The van der Waals surface area contributed by atoms with E-state index in [1.165, 1.54) is 6.07 Å². The highest BCUT2D eigenvalue weighted by Crippen LogP contribution is 2.26. The molecule has 2 rings (SSSR count). The number of anilines is 1. The first-order valence-electron chi connectivity index (χ1n) is 6.53. The van der Waals surface area contributed by atoms with E-state index in [1.807, 2.05) is 0 Å². The van der Waals surface area contributed by atoms with E-state index >= 15 is 0 Å². The number of carbonyl (C=O) groups excluding carboxylic acids is 1. The molecule has 0 spiro atoms. The van der Waals surface area contributed by atoms with Gasteiger partial charge < -0.3 is 9.84 Å². The SMILES string of the molecule is CC(C)(C)OC(=O)Nc1cccc2c(C(=O)O)cccc12. The van der Waals surface area contributed by atoms with Crippen molar-refractivity contribution in [2.75, 3.05) is 5.32 Å². The Morgan fingerprint density at radius 3 is 2.29 bits per heavy atom. The lowest BCUT2D eigenvalue weighted by atomic mass is 10.0. The molecule has 0 saturated carbocycles. The van der Waals surface area contributed by atoms with Gasteiger partial charge in [0.05, 0.1) is 11.3 Å². The zero-order valence-corrected chi connectivity index (χ0v) is 12.1.